The Bertz CT molecular complexity index is 223. The molecule has 2 aliphatic heterocycles. The maximum atomic E-state index is 2.77. The molecule has 16 heavy (non-hydrogen) atoms. The second-order valence-electron chi connectivity index (χ2n) is 6.88. The molecule has 2 saturated heterocycles. The fraction of sp³-hybridized carbons (Fsp3) is 1.00. The summed E-state index contributed by atoms with van der Waals surface area (Å²) in [4.78, 5) is 5.23. The fourth-order valence-corrected chi connectivity index (χ4v) is 3.19. The summed E-state index contributed by atoms with van der Waals surface area (Å²) in [5.74, 6) is 0.909. The van der Waals surface area contributed by atoms with Gasteiger partial charge in [0, 0.05) is 12.6 Å². The van der Waals surface area contributed by atoms with Crippen molar-refractivity contribution in [1.29, 1.82) is 0 Å². The van der Waals surface area contributed by atoms with E-state index in [4.69, 9.17) is 0 Å². The van der Waals surface area contributed by atoms with Crippen molar-refractivity contribution in [2.75, 3.05) is 33.2 Å². The summed E-state index contributed by atoms with van der Waals surface area (Å²) in [6.45, 7) is 12.5. The summed E-state index contributed by atoms with van der Waals surface area (Å²) in [7, 11) is 2.25. The van der Waals surface area contributed by atoms with E-state index in [0.29, 0.717) is 5.41 Å². The van der Waals surface area contributed by atoms with E-state index in [1.807, 2.05) is 0 Å². The van der Waals surface area contributed by atoms with E-state index >= 15 is 0 Å². The van der Waals surface area contributed by atoms with Gasteiger partial charge in [-0.05, 0) is 57.3 Å². The average Bonchev–Trinajstić information content (AvgIpc) is 2.67. The number of likely N-dealkylation sites (tertiary alicyclic amines) is 2. The van der Waals surface area contributed by atoms with Crippen molar-refractivity contribution in [2.24, 2.45) is 11.3 Å². The van der Waals surface area contributed by atoms with Gasteiger partial charge in [0.25, 0.3) is 0 Å². The van der Waals surface area contributed by atoms with Crippen LogP contribution in [0, 0.1) is 11.3 Å². The van der Waals surface area contributed by atoms with Gasteiger partial charge in [0.2, 0.25) is 0 Å². The van der Waals surface area contributed by atoms with Crippen molar-refractivity contribution in [3.8, 4) is 0 Å². The van der Waals surface area contributed by atoms with Crippen LogP contribution >= 0.6 is 0 Å². The monoisotopic (exact) mass is 224 g/mol. The molecular formula is C14H28N2. The minimum Gasteiger partial charge on any atom is -0.306 e. The third-order valence-corrected chi connectivity index (χ3v) is 4.65. The van der Waals surface area contributed by atoms with Crippen molar-refractivity contribution in [3.05, 3.63) is 0 Å². The molecule has 0 aromatic rings. The van der Waals surface area contributed by atoms with Crippen LogP contribution in [0.15, 0.2) is 0 Å². The highest BCUT2D eigenvalue weighted by Gasteiger charge is 2.35. The zero-order valence-corrected chi connectivity index (χ0v) is 11.5. The molecule has 0 spiro atoms. The SMILES string of the molecule is CN1CCC(N2CCC(C(C)(C)C)C2)CC1. The molecule has 2 nitrogen and oxygen atoms in total. The zero-order valence-electron chi connectivity index (χ0n) is 11.5. The lowest BCUT2D eigenvalue weighted by Crippen LogP contribution is -2.43. The quantitative estimate of drug-likeness (QED) is 0.675. The molecule has 2 heteroatoms. The zero-order chi connectivity index (χ0) is 11.8. The molecule has 0 saturated carbocycles. The minimum absolute atomic E-state index is 0.500. The second-order valence-corrected chi connectivity index (χ2v) is 6.88. The molecule has 2 fully saturated rings. The van der Waals surface area contributed by atoms with Crippen LogP contribution in [-0.4, -0.2) is 49.1 Å². The largest absolute Gasteiger partial charge is 0.306 e. The van der Waals surface area contributed by atoms with Gasteiger partial charge in [-0.25, -0.2) is 0 Å². The van der Waals surface area contributed by atoms with Gasteiger partial charge in [0.1, 0.15) is 0 Å². The van der Waals surface area contributed by atoms with E-state index in [9.17, 15) is 0 Å². The average molecular weight is 224 g/mol. The summed E-state index contributed by atoms with van der Waals surface area (Å²) >= 11 is 0. The predicted octanol–water partition coefficient (Wildman–Crippen LogP) is 2.45. The molecule has 2 aliphatic rings. The van der Waals surface area contributed by atoms with E-state index in [1.54, 1.807) is 0 Å². The Balaban J connectivity index is 1.84. The third kappa shape index (κ3) is 2.78. The first kappa shape index (κ1) is 12.4. The molecule has 2 heterocycles. The van der Waals surface area contributed by atoms with Gasteiger partial charge in [-0.1, -0.05) is 20.8 Å². The molecule has 2 rings (SSSR count). The first-order valence-electron chi connectivity index (χ1n) is 6.89. The number of piperidine rings is 1. The highest BCUT2D eigenvalue weighted by atomic mass is 15.2. The molecule has 0 aromatic carbocycles. The van der Waals surface area contributed by atoms with E-state index in [-0.39, 0.29) is 0 Å². The molecular weight excluding hydrogens is 196 g/mol. The van der Waals surface area contributed by atoms with Gasteiger partial charge in [0.05, 0.1) is 0 Å². The van der Waals surface area contributed by atoms with Gasteiger partial charge in [-0.3, -0.25) is 4.90 Å². The summed E-state index contributed by atoms with van der Waals surface area (Å²) < 4.78 is 0. The van der Waals surface area contributed by atoms with Crippen LogP contribution in [0.25, 0.3) is 0 Å². The second kappa shape index (κ2) is 4.66. The van der Waals surface area contributed by atoms with Crippen molar-refractivity contribution < 1.29 is 0 Å². The maximum Gasteiger partial charge on any atom is 0.0120 e. The number of hydrogen-bond donors (Lipinski definition) is 0. The molecule has 0 bridgehead atoms. The highest BCUT2D eigenvalue weighted by molar-refractivity contribution is 4.88. The molecule has 0 amide bonds. The first-order chi connectivity index (χ1) is 7.47. The van der Waals surface area contributed by atoms with Gasteiger partial charge in [0.15, 0.2) is 0 Å². The van der Waals surface area contributed by atoms with Gasteiger partial charge in [-0.15, -0.1) is 0 Å². The number of nitrogens with zero attached hydrogens (tertiary/aromatic N) is 2. The third-order valence-electron chi connectivity index (χ3n) is 4.65. The Hall–Kier alpha value is -0.0800. The van der Waals surface area contributed by atoms with Gasteiger partial charge >= 0.3 is 0 Å². The van der Waals surface area contributed by atoms with Gasteiger partial charge in [-0.2, -0.15) is 0 Å². The molecule has 1 atom stereocenters. The maximum absolute atomic E-state index is 2.77. The molecule has 1 unspecified atom stereocenters. The molecule has 0 aromatic heterocycles. The lowest BCUT2D eigenvalue weighted by atomic mass is 9.80. The van der Waals surface area contributed by atoms with E-state index in [1.165, 1.54) is 45.4 Å². The normalized spacial score (nSPS) is 31.1. The topological polar surface area (TPSA) is 6.48 Å². The van der Waals surface area contributed by atoms with Crippen molar-refractivity contribution in [3.63, 3.8) is 0 Å². The fourth-order valence-electron chi connectivity index (χ4n) is 3.19. The lowest BCUT2D eigenvalue weighted by Gasteiger charge is -2.36. The van der Waals surface area contributed by atoms with Crippen LogP contribution in [0.4, 0.5) is 0 Å². The molecule has 0 N–H and O–H groups in total. The van der Waals surface area contributed by atoms with E-state index < -0.39 is 0 Å². The highest BCUT2D eigenvalue weighted by Crippen LogP contribution is 2.35. The van der Waals surface area contributed by atoms with Crippen LogP contribution in [0.3, 0.4) is 0 Å². The molecule has 94 valence electrons. The van der Waals surface area contributed by atoms with E-state index in [2.05, 4.69) is 37.6 Å². The Morgan fingerprint density at radius 2 is 1.56 bits per heavy atom. The molecule has 0 aliphatic carbocycles. The Kier molecular flexibility index (Phi) is 3.60. The lowest BCUT2D eigenvalue weighted by molar-refractivity contribution is 0.130. The smallest absolute Gasteiger partial charge is 0.0120 e. The minimum atomic E-state index is 0.500. The van der Waals surface area contributed by atoms with Crippen molar-refractivity contribution in [2.45, 2.75) is 46.1 Å². The van der Waals surface area contributed by atoms with Crippen LogP contribution in [0.1, 0.15) is 40.0 Å². The van der Waals surface area contributed by atoms with Crippen molar-refractivity contribution >= 4 is 0 Å². The van der Waals surface area contributed by atoms with Crippen LogP contribution in [0.2, 0.25) is 0 Å². The predicted molar refractivity (Wildman–Crippen MR) is 69.7 cm³/mol. The van der Waals surface area contributed by atoms with E-state index in [0.717, 1.165) is 12.0 Å². The summed E-state index contributed by atoms with van der Waals surface area (Å²) in [6.07, 6.45) is 4.18. The number of rotatable bonds is 1. The van der Waals surface area contributed by atoms with Crippen LogP contribution in [-0.2, 0) is 0 Å². The first-order valence-corrected chi connectivity index (χ1v) is 6.89. The summed E-state index contributed by atoms with van der Waals surface area (Å²) in [5.41, 5.74) is 0.500. The Morgan fingerprint density at radius 1 is 0.938 bits per heavy atom. The van der Waals surface area contributed by atoms with Crippen LogP contribution in [0.5, 0.6) is 0 Å². The Morgan fingerprint density at radius 3 is 2.06 bits per heavy atom. The standard InChI is InChI=1S/C14H28N2/c1-14(2,3)12-5-10-16(11-12)13-6-8-15(4)9-7-13/h12-13H,5-11H2,1-4H3. The number of hydrogen-bond acceptors (Lipinski definition) is 2. The van der Waals surface area contributed by atoms with Crippen molar-refractivity contribution in [1.82, 2.24) is 9.80 Å². The van der Waals surface area contributed by atoms with Gasteiger partial charge < -0.3 is 4.90 Å². The summed E-state index contributed by atoms with van der Waals surface area (Å²) in [5, 5.41) is 0. The van der Waals surface area contributed by atoms with Crippen LogP contribution < -0.4 is 0 Å². The Labute approximate surface area is 101 Å². The summed E-state index contributed by atoms with van der Waals surface area (Å²) in [6, 6.07) is 0.878. The molecule has 0 radical (unpaired) electrons.